The summed E-state index contributed by atoms with van der Waals surface area (Å²) >= 11 is 0. The third-order valence-electron chi connectivity index (χ3n) is 4.43. The second-order valence-electron chi connectivity index (χ2n) is 6.07. The number of nitrogens with zero attached hydrogens (tertiary/aromatic N) is 1. The number of hydrogen-bond donors (Lipinski definition) is 1. The third-order valence-corrected chi connectivity index (χ3v) is 4.43. The van der Waals surface area contributed by atoms with Crippen molar-refractivity contribution in [2.45, 2.75) is 38.2 Å². The van der Waals surface area contributed by atoms with Crippen LogP contribution in [0.1, 0.15) is 31.2 Å². The SMILES string of the molecule is Cl.FC1(F)CCCC(CN2CCNCc3ccccc32)C1. The zero-order valence-corrected chi connectivity index (χ0v) is 13.0. The van der Waals surface area contributed by atoms with Crippen molar-refractivity contribution in [3.63, 3.8) is 0 Å². The standard InChI is InChI=1S/C16H22F2N2.ClH/c17-16(18)7-3-4-13(10-16)12-20-9-8-19-11-14-5-1-2-6-15(14)20;/h1-2,5-6,13,19H,3-4,7-12H2;1H. The van der Waals surface area contributed by atoms with Crippen LogP contribution in [-0.2, 0) is 6.54 Å². The first-order valence-electron chi connectivity index (χ1n) is 7.55. The minimum Gasteiger partial charge on any atom is -0.370 e. The fourth-order valence-electron chi connectivity index (χ4n) is 3.46. The Morgan fingerprint density at radius 1 is 1.29 bits per heavy atom. The molecule has 1 N–H and O–H groups in total. The molecule has 2 aliphatic rings. The molecule has 0 aromatic heterocycles. The van der Waals surface area contributed by atoms with Crippen molar-refractivity contribution in [2.75, 3.05) is 24.5 Å². The summed E-state index contributed by atoms with van der Waals surface area (Å²) < 4.78 is 27.1. The predicted octanol–water partition coefficient (Wildman–Crippen LogP) is 3.84. The summed E-state index contributed by atoms with van der Waals surface area (Å²) in [7, 11) is 0. The molecule has 1 aliphatic heterocycles. The molecule has 1 fully saturated rings. The first-order valence-corrected chi connectivity index (χ1v) is 7.55. The molecule has 1 heterocycles. The van der Waals surface area contributed by atoms with E-state index in [0.717, 1.165) is 32.6 Å². The van der Waals surface area contributed by atoms with Gasteiger partial charge in [-0.15, -0.1) is 12.4 Å². The molecule has 1 unspecified atom stereocenters. The van der Waals surface area contributed by atoms with Gasteiger partial charge in [-0.1, -0.05) is 18.2 Å². The summed E-state index contributed by atoms with van der Waals surface area (Å²) in [6.45, 7) is 3.44. The molecule has 1 saturated carbocycles. The number of nitrogens with one attached hydrogen (secondary N) is 1. The van der Waals surface area contributed by atoms with E-state index in [1.165, 1.54) is 11.3 Å². The normalized spacial score (nSPS) is 24.7. The largest absolute Gasteiger partial charge is 0.370 e. The first-order chi connectivity index (χ1) is 9.64. The summed E-state index contributed by atoms with van der Waals surface area (Å²) in [6, 6.07) is 8.31. The quantitative estimate of drug-likeness (QED) is 0.891. The van der Waals surface area contributed by atoms with Crippen LogP contribution in [0.4, 0.5) is 14.5 Å². The van der Waals surface area contributed by atoms with Gasteiger partial charge in [-0.05, 0) is 30.4 Å². The maximum atomic E-state index is 13.6. The molecule has 0 radical (unpaired) electrons. The van der Waals surface area contributed by atoms with Crippen LogP contribution < -0.4 is 10.2 Å². The van der Waals surface area contributed by atoms with Crippen molar-refractivity contribution in [3.05, 3.63) is 29.8 Å². The summed E-state index contributed by atoms with van der Waals surface area (Å²) in [5.74, 6) is -2.34. The molecule has 0 saturated heterocycles. The topological polar surface area (TPSA) is 15.3 Å². The van der Waals surface area contributed by atoms with E-state index in [1.54, 1.807) is 0 Å². The zero-order valence-electron chi connectivity index (χ0n) is 12.2. The van der Waals surface area contributed by atoms with E-state index >= 15 is 0 Å². The van der Waals surface area contributed by atoms with Gasteiger partial charge in [0.05, 0.1) is 0 Å². The van der Waals surface area contributed by atoms with Crippen LogP contribution in [0, 0.1) is 5.92 Å². The molecule has 0 bridgehead atoms. The third kappa shape index (κ3) is 4.07. The number of halogens is 3. The fraction of sp³-hybridized carbons (Fsp3) is 0.625. The lowest BCUT2D eigenvalue weighted by atomic mass is 9.86. The highest BCUT2D eigenvalue weighted by atomic mass is 35.5. The van der Waals surface area contributed by atoms with E-state index in [2.05, 4.69) is 22.3 Å². The van der Waals surface area contributed by atoms with Crippen LogP contribution in [0.3, 0.4) is 0 Å². The Morgan fingerprint density at radius 3 is 2.90 bits per heavy atom. The van der Waals surface area contributed by atoms with E-state index in [1.807, 2.05) is 12.1 Å². The molecule has 1 atom stereocenters. The molecule has 1 aromatic rings. The van der Waals surface area contributed by atoms with E-state index in [9.17, 15) is 8.78 Å². The van der Waals surface area contributed by atoms with Crippen LogP contribution in [0.15, 0.2) is 24.3 Å². The summed E-state index contributed by atoms with van der Waals surface area (Å²) in [4.78, 5) is 2.29. The lowest BCUT2D eigenvalue weighted by Crippen LogP contribution is -2.37. The summed E-state index contributed by atoms with van der Waals surface area (Å²) in [5.41, 5.74) is 2.49. The number of para-hydroxylation sites is 1. The number of hydrogen-bond acceptors (Lipinski definition) is 2. The lowest BCUT2D eigenvalue weighted by Gasteiger charge is -2.34. The van der Waals surface area contributed by atoms with Crippen LogP contribution >= 0.6 is 12.4 Å². The molecule has 0 amide bonds. The maximum Gasteiger partial charge on any atom is 0.248 e. The highest BCUT2D eigenvalue weighted by Crippen LogP contribution is 2.37. The molecular weight excluding hydrogens is 294 g/mol. The average molecular weight is 317 g/mol. The van der Waals surface area contributed by atoms with E-state index in [4.69, 9.17) is 0 Å². The number of alkyl halides is 2. The van der Waals surface area contributed by atoms with Gasteiger partial charge in [-0.2, -0.15) is 0 Å². The Hall–Kier alpha value is -0.870. The number of rotatable bonds is 2. The minimum atomic E-state index is -2.45. The van der Waals surface area contributed by atoms with Gasteiger partial charge in [0.1, 0.15) is 0 Å². The Morgan fingerprint density at radius 2 is 2.10 bits per heavy atom. The molecule has 3 rings (SSSR count). The zero-order chi connectivity index (χ0) is 14.0. The summed E-state index contributed by atoms with van der Waals surface area (Å²) in [6.07, 6.45) is 1.72. The van der Waals surface area contributed by atoms with Gasteiger partial charge in [-0.25, -0.2) is 8.78 Å². The second-order valence-corrected chi connectivity index (χ2v) is 6.07. The summed E-state index contributed by atoms with van der Waals surface area (Å²) in [5, 5.41) is 3.40. The van der Waals surface area contributed by atoms with Crippen molar-refractivity contribution in [1.82, 2.24) is 5.32 Å². The Labute approximate surface area is 131 Å². The van der Waals surface area contributed by atoms with E-state index in [-0.39, 0.29) is 31.2 Å². The monoisotopic (exact) mass is 316 g/mol. The molecule has 0 spiro atoms. The van der Waals surface area contributed by atoms with Gasteiger partial charge < -0.3 is 10.2 Å². The molecule has 1 aliphatic carbocycles. The molecular formula is C16H23ClF2N2. The predicted molar refractivity (Wildman–Crippen MR) is 84.5 cm³/mol. The van der Waals surface area contributed by atoms with Crippen molar-refractivity contribution in [2.24, 2.45) is 5.92 Å². The van der Waals surface area contributed by atoms with Crippen molar-refractivity contribution in [1.29, 1.82) is 0 Å². The average Bonchev–Trinajstić information content (AvgIpc) is 2.61. The highest BCUT2D eigenvalue weighted by molar-refractivity contribution is 5.85. The van der Waals surface area contributed by atoms with Crippen molar-refractivity contribution < 1.29 is 8.78 Å². The maximum absolute atomic E-state index is 13.6. The molecule has 5 heteroatoms. The fourth-order valence-corrected chi connectivity index (χ4v) is 3.46. The van der Waals surface area contributed by atoms with Gasteiger partial charge in [0.25, 0.3) is 0 Å². The minimum absolute atomic E-state index is 0. The Bertz CT molecular complexity index is 467. The van der Waals surface area contributed by atoms with Gasteiger partial charge in [0.15, 0.2) is 0 Å². The lowest BCUT2D eigenvalue weighted by molar-refractivity contribution is -0.0510. The van der Waals surface area contributed by atoms with Gasteiger partial charge >= 0.3 is 0 Å². The Balaban J connectivity index is 0.00000161. The number of benzene rings is 1. The molecule has 21 heavy (non-hydrogen) atoms. The van der Waals surface area contributed by atoms with Gasteiger partial charge in [0.2, 0.25) is 5.92 Å². The van der Waals surface area contributed by atoms with Gasteiger partial charge in [-0.3, -0.25) is 0 Å². The van der Waals surface area contributed by atoms with Gasteiger partial charge in [0, 0.05) is 44.7 Å². The number of anilines is 1. The second kappa shape index (κ2) is 6.93. The van der Waals surface area contributed by atoms with Crippen molar-refractivity contribution in [3.8, 4) is 0 Å². The van der Waals surface area contributed by atoms with Crippen LogP contribution in [-0.4, -0.2) is 25.6 Å². The molecule has 1 aromatic carbocycles. The molecule has 118 valence electrons. The highest BCUT2D eigenvalue weighted by Gasteiger charge is 2.36. The van der Waals surface area contributed by atoms with E-state index < -0.39 is 5.92 Å². The van der Waals surface area contributed by atoms with Crippen LogP contribution in [0.2, 0.25) is 0 Å². The van der Waals surface area contributed by atoms with Crippen LogP contribution in [0.25, 0.3) is 0 Å². The van der Waals surface area contributed by atoms with E-state index in [0.29, 0.717) is 6.42 Å². The first kappa shape index (κ1) is 16.5. The number of fused-ring (bicyclic) bond motifs is 1. The van der Waals surface area contributed by atoms with Crippen LogP contribution in [0.5, 0.6) is 0 Å². The molecule has 2 nitrogen and oxygen atoms in total. The van der Waals surface area contributed by atoms with Crippen molar-refractivity contribution >= 4 is 18.1 Å². The smallest absolute Gasteiger partial charge is 0.248 e. The Kier molecular flexibility index (Phi) is 5.44.